The van der Waals surface area contributed by atoms with Crippen molar-refractivity contribution in [3.05, 3.63) is 70.2 Å². The van der Waals surface area contributed by atoms with E-state index in [9.17, 15) is 4.79 Å². The van der Waals surface area contributed by atoms with Crippen molar-refractivity contribution in [2.24, 2.45) is 0 Å². The first-order valence-corrected chi connectivity index (χ1v) is 12.0. The van der Waals surface area contributed by atoms with Gasteiger partial charge >= 0.3 is 0 Å². The lowest BCUT2D eigenvalue weighted by molar-refractivity contribution is 0.0640. The van der Waals surface area contributed by atoms with Gasteiger partial charge in [-0.2, -0.15) is 0 Å². The second-order valence-electron chi connectivity index (χ2n) is 8.45. The van der Waals surface area contributed by atoms with Crippen LogP contribution in [0.2, 0.25) is 5.02 Å². The van der Waals surface area contributed by atoms with E-state index in [1.807, 2.05) is 17.0 Å². The second-order valence-corrected chi connectivity index (χ2v) is 8.89. The summed E-state index contributed by atoms with van der Waals surface area (Å²) in [7, 11) is 0. The van der Waals surface area contributed by atoms with Crippen molar-refractivity contribution in [3.63, 3.8) is 0 Å². The van der Waals surface area contributed by atoms with Gasteiger partial charge in [0.2, 0.25) is 0 Å². The maximum absolute atomic E-state index is 13.0. The number of unbranched alkanes of at least 4 members (excludes halogenated alkanes) is 1. The van der Waals surface area contributed by atoms with E-state index in [1.165, 1.54) is 11.1 Å². The lowest BCUT2D eigenvalue weighted by Crippen LogP contribution is -2.42. The molecule has 168 valence electrons. The van der Waals surface area contributed by atoms with Crippen molar-refractivity contribution >= 4 is 17.5 Å². The standard InChI is InChI=1S/C26H35ClN2O2/c1-2-29(26(31)23-9-13-24(27)14-10-23)25-15-11-22(12-16-25)21-7-5-20(6-8-21)19-28-17-3-4-18-30/h5-10,13-14,22,25,28,30H,2-4,11-12,15-19H2,1H3. The molecule has 1 fully saturated rings. The zero-order chi connectivity index (χ0) is 22.1. The van der Waals surface area contributed by atoms with E-state index >= 15 is 0 Å². The van der Waals surface area contributed by atoms with E-state index < -0.39 is 0 Å². The first kappa shape index (κ1) is 23.8. The predicted molar refractivity (Wildman–Crippen MR) is 128 cm³/mol. The number of nitrogens with zero attached hydrogens (tertiary/aromatic N) is 1. The van der Waals surface area contributed by atoms with Gasteiger partial charge < -0.3 is 15.3 Å². The summed E-state index contributed by atoms with van der Waals surface area (Å²) in [5.74, 6) is 0.686. The maximum atomic E-state index is 13.0. The Morgan fingerprint density at radius 1 is 1.03 bits per heavy atom. The molecule has 2 aromatic carbocycles. The molecule has 0 saturated heterocycles. The summed E-state index contributed by atoms with van der Waals surface area (Å²) in [4.78, 5) is 15.0. The normalized spacial score (nSPS) is 18.7. The number of aliphatic hydroxyl groups is 1. The van der Waals surface area contributed by atoms with Crippen molar-refractivity contribution in [2.75, 3.05) is 19.7 Å². The molecule has 31 heavy (non-hydrogen) atoms. The highest BCUT2D eigenvalue weighted by Gasteiger charge is 2.29. The van der Waals surface area contributed by atoms with Gasteiger partial charge in [-0.05, 0) is 93.3 Å². The number of rotatable bonds is 10. The Morgan fingerprint density at radius 2 is 1.71 bits per heavy atom. The van der Waals surface area contributed by atoms with Gasteiger partial charge in [-0.15, -0.1) is 0 Å². The summed E-state index contributed by atoms with van der Waals surface area (Å²) in [6.07, 6.45) is 6.20. The van der Waals surface area contributed by atoms with Gasteiger partial charge in [0.25, 0.3) is 5.91 Å². The Labute approximate surface area is 191 Å². The Balaban J connectivity index is 1.50. The molecule has 2 N–H and O–H groups in total. The molecule has 0 aliphatic heterocycles. The molecule has 0 heterocycles. The largest absolute Gasteiger partial charge is 0.396 e. The number of hydrogen-bond acceptors (Lipinski definition) is 3. The molecular formula is C26H35ClN2O2. The molecule has 0 unspecified atom stereocenters. The predicted octanol–water partition coefficient (Wildman–Crippen LogP) is 5.39. The fraction of sp³-hybridized carbons (Fsp3) is 0.500. The van der Waals surface area contributed by atoms with Crippen LogP contribution in [-0.4, -0.2) is 41.7 Å². The quantitative estimate of drug-likeness (QED) is 0.485. The van der Waals surface area contributed by atoms with Crippen LogP contribution in [0.1, 0.15) is 72.9 Å². The maximum Gasteiger partial charge on any atom is 0.254 e. The van der Waals surface area contributed by atoms with Crippen LogP contribution >= 0.6 is 11.6 Å². The van der Waals surface area contributed by atoms with Gasteiger partial charge in [0.05, 0.1) is 0 Å². The van der Waals surface area contributed by atoms with Gasteiger partial charge in [0.1, 0.15) is 0 Å². The third kappa shape index (κ3) is 6.80. The second kappa shape index (κ2) is 12.2. The summed E-state index contributed by atoms with van der Waals surface area (Å²) >= 11 is 5.97. The van der Waals surface area contributed by atoms with Crippen molar-refractivity contribution in [1.29, 1.82) is 0 Å². The van der Waals surface area contributed by atoms with E-state index in [-0.39, 0.29) is 12.5 Å². The molecule has 2 aromatic rings. The molecule has 1 saturated carbocycles. The number of carbonyl (C=O) groups is 1. The van der Waals surface area contributed by atoms with Crippen molar-refractivity contribution in [2.45, 2.75) is 64.0 Å². The van der Waals surface area contributed by atoms with Crippen LogP contribution in [0.4, 0.5) is 0 Å². The van der Waals surface area contributed by atoms with E-state index in [1.54, 1.807) is 12.1 Å². The van der Waals surface area contributed by atoms with E-state index in [2.05, 4.69) is 36.5 Å². The zero-order valence-electron chi connectivity index (χ0n) is 18.5. The van der Waals surface area contributed by atoms with Crippen LogP contribution in [0, 0.1) is 0 Å². The molecule has 0 atom stereocenters. The van der Waals surface area contributed by atoms with Gasteiger partial charge in [0, 0.05) is 36.3 Å². The summed E-state index contributed by atoms with van der Waals surface area (Å²) in [6.45, 7) is 4.88. The lowest BCUT2D eigenvalue weighted by atomic mass is 9.81. The Morgan fingerprint density at radius 3 is 2.32 bits per heavy atom. The number of aliphatic hydroxyl groups excluding tert-OH is 1. The fourth-order valence-electron chi connectivity index (χ4n) is 4.55. The summed E-state index contributed by atoms with van der Waals surface area (Å²) < 4.78 is 0. The molecule has 0 bridgehead atoms. The summed E-state index contributed by atoms with van der Waals surface area (Å²) in [5, 5.41) is 12.9. The van der Waals surface area contributed by atoms with Crippen LogP contribution in [0.25, 0.3) is 0 Å². The molecule has 1 aliphatic carbocycles. The minimum Gasteiger partial charge on any atom is -0.396 e. The van der Waals surface area contributed by atoms with Gasteiger partial charge in [-0.1, -0.05) is 35.9 Å². The molecular weight excluding hydrogens is 408 g/mol. The summed E-state index contributed by atoms with van der Waals surface area (Å²) in [6, 6.07) is 16.5. The van der Waals surface area contributed by atoms with Gasteiger partial charge in [-0.25, -0.2) is 0 Å². The number of halogens is 1. The Hall–Kier alpha value is -1.88. The van der Waals surface area contributed by atoms with Crippen LogP contribution < -0.4 is 5.32 Å². The third-order valence-electron chi connectivity index (χ3n) is 6.37. The highest BCUT2D eigenvalue weighted by atomic mass is 35.5. The Bertz CT molecular complexity index is 799. The molecule has 3 rings (SSSR count). The van der Waals surface area contributed by atoms with Crippen molar-refractivity contribution in [3.8, 4) is 0 Å². The molecule has 0 radical (unpaired) electrons. The first-order valence-electron chi connectivity index (χ1n) is 11.6. The van der Waals surface area contributed by atoms with Crippen LogP contribution in [0.15, 0.2) is 48.5 Å². The minimum atomic E-state index is 0.110. The van der Waals surface area contributed by atoms with Gasteiger partial charge in [-0.3, -0.25) is 4.79 Å². The SMILES string of the molecule is CCN(C(=O)c1ccc(Cl)cc1)C1CCC(c2ccc(CNCCCCO)cc2)CC1. The van der Waals surface area contributed by atoms with Crippen molar-refractivity contribution in [1.82, 2.24) is 10.2 Å². The zero-order valence-corrected chi connectivity index (χ0v) is 19.3. The summed E-state index contributed by atoms with van der Waals surface area (Å²) in [5.41, 5.74) is 3.43. The number of benzene rings is 2. The first-order chi connectivity index (χ1) is 15.1. The van der Waals surface area contributed by atoms with Crippen LogP contribution in [0.3, 0.4) is 0 Å². The minimum absolute atomic E-state index is 0.110. The van der Waals surface area contributed by atoms with E-state index in [0.717, 1.165) is 58.2 Å². The Kier molecular flexibility index (Phi) is 9.38. The monoisotopic (exact) mass is 442 g/mol. The molecule has 5 heteroatoms. The molecule has 0 spiro atoms. The molecule has 1 amide bonds. The number of hydrogen-bond donors (Lipinski definition) is 2. The van der Waals surface area contributed by atoms with Crippen molar-refractivity contribution < 1.29 is 9.90 Å². The van der Waals surface area contributed by atoms with E-state index in [4.69, 9.17) is 16.7 Å². The number of nitrogens with one attached hydrogen (secondary N) is 1. The number of amides is 1. The average Bonchev–Trinajstić information content (AvgIpc) is 2.81. The van der Waals surface area contributed by atoms with E-state index in [0.29, 0.717) is 22.5 Å². The third-order valence-corrected chi connectivity index (χ3v) is 6.62. The topological polar surface area (TPSA) is 52.6 Å². The molecule has 0 aromatic heterocycles. The lowest BCUT2D eigenvalue weighted by Gasteiger charge is -2.36. The fourth-order valence-corrected chi connectivity index (χ4v) is 4.67. The smallest absolute Gasteiger partial charge is 0.254 e. The average molecular weight is 443 g/mol. The number of carbonyl (C=O) groups excluding carboxylic acids is 1. The van der Waals surface area contributed by atoms with Crippen LogP contribution in [-0.2, 0) is 6.54 Å². The highest BCUT2D eigenvalue weighted by molar-refractivity contribution is 6.30. The van der Waals surface area contributed by atoms with Crippen LogP contribution in [0.5, 0.6) is 0 Å². The molecule has 1 aliphatic rings. The van der Waals surface area contributed by atoms with Gasteiger partial charge in [0.15, 0.2) is 0 Å². The molecule has 4 nitrogen and oxygen atoms in total. The highest BCUT2D eigenvalue weighted by Crippen LogP contribution is 2.35.